The molecule has 2 heterocycles. The van der Waals surface area contributed by atoms with Gasteiger partial charge in [-0.05, 0) is 6.08 Å². The van der Waals surface area contributed by atoms with E-state index in [1.54, 1.807) is 0 Å². The smallest absolute Gasteiger partial charge is 0.325 e. The molecule has 0 aromatic rings. The van der Waals surface area contributed by atoms with Gasteiger partial charge in [0.2, 0.25) is 6.23 Å². The van der Waals surface area contributed by atoms with Crippen molar-refractivity contribution in [2.75, 3.05) is 6.61 Å². The Hall–Kier alpha value is -1.07. The molecule has 2 amide bonds. The number of nitrogens with two attached hydrogens (primary N) is 1. The van der Waals surface area contributed by atoms with E-state index in [0.717, 1.165) is 6.20 Å². The predicted molar refractivity (Wildman–Crippen MR) is 76.5 cm³/mol. The molecule has 0 radical (unpaired) electrons. The molecule has 1 fully saturated rings. The quantitative estimate of drug-likeness (QED) is 0.532. The van der Waals surface area contributed by atoms with Gasteiger partial charge in [-0.2, -0.15) is 8.78 Å². The topological polar surface area (TPSA) is 108 Å². The van der Waals surface area contributed by atoms with Crippen molar-refractivity contribution in [2.24, 2.45) is 5.73 Å². The van der Waals surface area contributed by atoms with Crippen LogP contribution in [0.15, 0.2) is 12.3 Å². The average molecular weight is 337 g/mol. The third kappa shape index (κ3) is 2.54. The molecule has 126 valence electrons. The predicted octanol–water partition coefficient (Wildman–Crippen LogP) is -0.229. The zero-order chi connectivity index (χ0) is 16.9. The fourth-order valence-electron chi connectivity index (χ4n) is 2.29. The van der Waals surface area contributed by atoms with Crippen LogP contribution in [0.4, 0.5) is 13.6 Å². The van der Waals surface area contributed by atoms with Crippen molar-refractivity contribution < 1.29 is 28.5 Å². The molecule has 10 heteroatoms. The molecule has 1 saturated heterocycles. The lowest BCUT2D eigenvalue weighted by Gasteiger charge is -2.44. The van der Waals surface area contributed by atoms with Crippen LogP contribution in [-0.2, 0) is 4.74 Å². The van der Waals surface area contributed by atoms with Crippen molar-refractivity contribution in [1.82, 2.24) is 10.2 Å². The fraction of sp³-hybridized carbons (Fsp3) is 0.750. The number of hydrogen-bond acceptors (Lipinski definition) is 5. The summed E-state index contributed by atoms with van der Waals surface area (Å²) in [6, 6.07) is -0.831. The Bertz CT molecular complexity index is 499. The number of carbonyl (C=O) groups is 1. The van der Waals surface area contributed by atoms with Crippen LogP contribution in [0, 0.1) is 0 Å². The molecule has 5 N–H and O–H groups in total. The summed E-state index contributed by atoms with van der Waals surface area (Å²) in [7, 11) is -2.05. The average Bonchev–Trinajstić information content (AvgIpc) is 2.60. The first-order chi connectivity index (χ1) is 9.94. The molecule has 7 nitrogen and oxygen atoms in total. The summed E-state index contributed by atoms with van der Waals surface area (Å²) in [4.78, 5) is 12.8. The lowest BCUT2D eigenvalue weighted by Crippen LogP contribution is -2.72. The monoisotopic (exact) mass is 337 g/mol. The van der Waals surface area contributed by atoms with Gasteiger partial charge in [-0.25, -0.2) is 4.79 Å². The molecule has 2 rings (SSSR count). The maximum Gasteiger partial charge on any atom is 0.325 e. The minimum atomic E-state index is -3.71. The molecule has 22 heavy (non-hydrogen) atoms. The first kappa shape index (κ1) is 17.3. The SMILES string of the molecule is C[Si](C)(C)C1(N)C=CN([C@@H]2O[C@H](CO)[C@@H](O)C2(F)F)C(=O)N1. The van der Waals surface area contributed by atoms with Gasteiger partial charge in [0.15, 0.2) is 6.10 Å². The molecule has 0 spiro atoms. The number of amides is 2. The number of halogens is 2. The van der Waals surface area contributed by atoms with E-state index in [-0.39, 0.29) is 0 Å². The first-order valence-corrected chi connectivity index (χ1v) is 10.3. The second-order valence-corrected chi connectivity index (χ2v) is 11.9. The third-order valence-electron chi connectivity index (χ3n) is 4.10. The Morgan fingerprint density at radius 2 is 2.09 bits per heavy atom. The van der Waals surface area contributed by atoms with Gasteiger partial charge in [-0.1, -0.05) is 19.6 Å². The highest BCUT2D eigenvalue weighted by Crippen LogP contribution is 2.39. The Morgan fingerprint density at radius 3 is 2.50 bits per heavy atom. The standard InChI is InChI=1S/C12H21F2N3O4Si/c1-22(2,3)11(15)4-5-17(10(20)16-11)9-12(13,14)8(19)7(6-18)21-9/h4-5,7-9,18-19H,6,15H2,1-3H3,(H,16,20)/t7-,8-,9-,11?/m1/s1. The molecule has 0 aromatic heterocycles. The summed E-state index contributed by atoms with van der Waals surface area (Å²) in [6.07, 6.45) is -3.03. The largest absolute Gasteiger partial charge is 0.394 e. The second kappa shape index (κ2) is 5.23. The van der Waals surface area contributed by atoms with Crippen LogP contribution in [-0.4, -0.2) is 65.5 Å². The zero-order valence-electron chi connectivity index (χ0n) is 12.6. The highest BCUT2D eigenvalue weighted by molar-refractivity contribution is 6.79. The van der Waals surface area contributed by atoms with Crippen LogP contribution in [0.2, 0.25) is 19.6 Å². The van der Waals surface area contributed by atoms with Crippen molar-refractivity contribution in [1.29, 1.82) is 0 Å². The van der Waals surface area contributed by atoms with E-state index in [1.165, 1.54) is 6.08 Å². The Kier molecular flexibility index (Phi) is 4.11. The van der Waals surface area contributed by atoms with E-state index >= 15 is 0 Å². The highest BCUT2D eigenvalue weighted by atomic mass is 28.3. The number of ether oxygens (including phenoxy) is 1. The Labute approximate surface area is 127 Å². The van der Waals surface area contributed by atoms with Crippen molar-refractivity contribution in [3.05, 3.63) is 12.3 Å². The van der Waals surface area contributed by atoms with E-state index in [1.807, 2.05) is 19.6 Å². The maximum atomic E-state index is 14.1. The van der Waals surface area contributed by atoms with Crippen molar-refractivity contribution in [3.63, 3.8) is 0 Å². The van der Waals surface area contributed by atoms with E-state index < -0.39 is 50.4 Å². The fourth-order valence-corrected chi connectivity index (χ4v) is 3.35. The van der Waals surface area contributed by atoms with Gasteiger partial charge < -0.3 is 26.0 Å². The molecular formula is C12H21F2N3O4Si. The van der Waals surface area contributed by atoms with Crippen LogP contribution in [0.3, 0.4) is 0 Å². The number of alkyl halides is 2. The number of hydrogen-bond donors (Lipinski definition) is 4. The molecule has 2 aliphatic heterocycles. The van der Waals surface area contributed by atoms with Gasteiger partial charge in [0, 0.05) is 6.20 Å². The number of aliphatic hydroxyl groups is 2. The molecular weight excluding hydrogens is 316 g/mol. The van der Waals surface area contributed by atoms with Gasteiger partial charge in [-0.3, -0.25) is 4.90 Å². The number of rotatable bonds is 3. The van der Waals surface area contributed by atoms with Gasteiger partial charge in [0.1, 0.15) is 6.10 Å². The van der Waals surface area contributed by atoms with Crippen LogP contribution in [0.25, 0.3) is 0 Å². The van der Waals surface area contributed by atoms with Crippen LogP contribution < -0.4 is 11.1 Å². The maximum absolute atomic E-state index is 14.1. The summed E-state index contributed by atoms with van der Waals surface area (Å²) in [6.45, 7) is 5.01. The lowest BCUT2D eigenvalue weighted by molar-refractivity contribution is -0.145. The van der Waals surface area contributed by atoms with E-state index in [4.69, 9.17) is 15.6 Å². The van der Waals surface area contributed by atoms with Crippen LogP contribution in [0.5, 0.6) is 0 Å². The number of aliphatic hydroxyl groups excluding tert-OH is 2. The Morgan fingerprint density at radius 1 is 1.50 bits per heavy atom. The highest BCUT2D eigenvalue weighted by Gasteiger charge is 2.61. The van der Waals surface area contributed by atoms with E-state index in [9.17, 15) is 18.7 Å². The molecule has 0 bridgehead atoms. The first-order valence-electron chi connectivity index (χ1n) is 6.85. The summed E-state index contributed by atoms with van der Waals surface area (Å²) < 4.78 is 33.1. The number of urea groups is 1. The molecule has 0 aliphatic carbocycles. The molecule has 0 aromatic carbocycles. The van der Waals surface area contributed by atoms with Gasteiger partial charge in [0.05, 0.1) is 20.0 Å². The minimum absolute atomic E-state index is 0.657. The van der Waals surface area contributed by atoms with Crippen LogP contribution in [0.1, 0.15) is 0 Å². The van der Waals surface area contributed by atoms with Crippen molar-refractivity contribution in [2.45, 2.75) is 49.3 Å². The zero-order valence-corrected chi connectivity index (χ0v) is 13.6. The summed E-state index contributed by atoms with van der Waals surface area (Å²) in [5, 5.41) is 19.9. The van der Waals surface area contributed by atoms with Gasteiger partial charge in [0.25, 0.3) is 0 Å². The second-order valence-electron chi connectivity index (χ2n) is 6.60. The molecule has 1 unspecified atom stereocenters. The summed E-state index contributed by atoms with van der Waals surface area (Å²) >= 11 is 0. The lowest BCUT2D eigenvalue weighted by atomic mass is 10.1. The van der Waals surface area contributed by atoms with Gasteiger partial charge >= 0.3 is 12.0 Å². The molecule has 0 saturated carbocycles. The molecule has 2 aliphatic rings. The number of carbonyl (C=O) groups excluding carboxylic acids is 1. The number of nitrogens with zero attached hydrogens (tertiary/aromatic N) is 1. The molecule has 4 atom stereocenters. The minimum Gasteiger partial charge on any atom is -0.394 e. The van der Waals surface area contributed by atoms with E-state index in [2.05, 4.69) is 5.32 Å². The van der Waals surface area contributed by atoms with Crippen molar-refractivity contribution >= 4 is 14.1 Å². The third-order valence-corrected chi connectivity index (χ3v) is 6.87. The van der Waals surface area contributed by atoms with Gasteiger partial charge in [-0.15, -0.1) is 0 Å². The Balaban J connectivity index is 2.29. The summed E-state index contributed by atoms with van der Waals surface area (Å²) in [5.41, 5.74) is 6.13. The summed E-state index contributed by atoms with van der Waals surface area (Å²) in [5.74, 6) is -3.71. The van der Waals surface area contributed by atoms with E-state index in [0.29, 0.717) is 4.90 Å². The van der Waals surface area contributed by atoms with Crippen molar-refractivity contribution in [3.8, 4) is 0 Å². The van der Waals surface area contributed by atoms with Crippen LogP contribution >= 0.6 is 0 Å². The number of nitrogens with one attached hydrogen (secondary N) is 1. The normalized spacial score (nSPS) is 38.3.